The van der Waals surface area contributed by atoms with Gasteiger partial charge in [-0.2, -0.15) is 0 Å². The topological polar surface area (TPSA) is 77.5 Å². The smallest absolute Gasteiger partial charge is 0.143 e. The Morgan fingerprint density at radius 2 is 1.75 bits per heavy atom. The fraction of sp³-hybridized carbons (Fsp3) is 0.125. The Morgan fingerprint density at radius 1 is 0.909 bits per heavy atom. The number of nitrogens with two attached hydrogens (primary N) is 2. The van der Waals surface area contributed by atoms with Crippen molar-refractivity contribution in [1.29, 1.82) is 0 Å². The van der Waals surface area contributed by atoms with Crippen LogP contribution in [0.3, 0.4) is 0 Å². The molecule has 4 N–H and O–H groups in total. The number of fused-ring (bicyclic) bond motifs is 11. The van der Waals surface area contributed by atoms with Gasteiger partial charge in [-0.05, 0) is 88.7 Å². The molecule has 2 aliphatic rings. The number of furan rings is 1. The lowest BCUT2D eigenvalue weighted by Gasteiger charge is -2.31. The molecule has 0 bridgehead atoms. The van der Waals surface area contributed by atoms with E-state index in [0.717, 1.165) is 45.9 Å². The van der Waals surface area contributed by atoms with E-state index in [2.05, 4.69) is 103 Å². The van der Waals surface area contributed by atoms with Crippen LogP contribution < -0.4 is 11.5 Å². The van der Waals surface area contributed by atoms with Gasteiger partial charge in [0.05, 0.1) is 5.41 Å². The highest BCUT2D eigenvalue weighted by Gasteiger charge is 2.52. The van der Waals surface area contributed by atoms with E-state index in [9.17, 15) is 0 Å². The Morgan fingerprint density at radius 3 is 2.57 bits per heavy atom. The molecule has 5 aromatic rings. The normalized spacial score (nSPS) is 19.0. The maximum atomic E-state index is 6.67. The quantitative estimate of drug-likeness (QED) is 0.157. The molecule has 7 rings (SSSR count). The largest absolute Gasteiger partial charge is 0.455 e. The zero-order chi connectivity index (χ0) is 30.3. The lowest BCUT2D eigenvalue weighted by atomic mass is 9.70. The molecule has 0 saturated carbocycles. The van der Waals surface area contributed by atoms with E-state index >= 15 is 0 Å². The molecule has 0 saturated heterocycles. The summed E-state index contributed by atoms with van der Waals surface area (Å²) < 4.78 is 6.67. The Kier molecular flexibility index (Phi) is 6.90. The molecule has 1 aromatic heterocycles. The second-order valence-corrected chi connectivity index (χ2v) is 11.4. The molecule has 0 radical (unpaired) electrons. The van der Waals surface area contributed by atoms with Gasteiger partial charge in [-0.25, -0.2) is 0 Å². The first-order chi connectivity index (χ1) is 21.6. The van der Waals surface area contributed by atoms with Gasteiger partial charge in [0.25, 0.3) is 0 Å². The van der Waals surface area contributed by atoms with Crippen molar-refractivity contribution in [1.82, 2.24) is 0 Å². The van der Waals surface area contributed by atoms with Crippen LogP contribution in [0.1, 0.15) is 41.2 Å². The third-order valence-corrected chi connectivity index (χ3v) is 9.15. The van der Waals surface area contributed by atoms with Crippen LogP contribution in [-0.4, -0.2) is 13.3 Å². The molecule has 1 heterocycles. The van der Waals surface area contributed by atoms with Gasteiger partial charge in [0, 0.05) is 41.4 Å². The Bertz CT molecular complexity index is 2120. The third kappa shape index (κ3) is 4.02. The van der Waals surface area contributed by atoms with Crippen LogP contribution in [0.15, 0.2) is 142 Å². The maximum absolute atomic E-state index is 6.67. The predicted octanol–water partition coefficient (Wildman–Crippen LogP) is 8.75. The van der Waals surface area contributed by atoms with Gasteiger partial charge in [0.2, 0.25) is 0 Å². The Balaban J connectivity index is 1.56. The molecule has 216 valence electrons. The van der Waals surface area contributed by atoms with Crippen LogP contribution in [0.2, 0.25) is 0 Å². The van der Waals surface area contributed by atoms with E-state index in [1.54, 1.807) is 19.4 Å². The second kappa shape index (κ2) is 11.1. The first-order valence-electron chi connectivity index (χ1n) is 15.1. The van der Waals surface area contributed by atoms with Gasteiger partial charge < -0.3 is 15.9 Å². The molecule has 44 heavy (non-hydrogen) atoms. The zero-order valence-corrected chi connectivity index (χ0v) is 25.0. The summed E-state index contributed by atoms with van der Waals surface area (Å²) in [4.78, 5) is 4.28. The molecular weight excluding hydrogens is 538 g/mol. The van der Waals surface area contributed by atoms with E-state index in [4.69, 9.17) is 15.9 Å². The van der Waals surface area contributed by atoms with Crippen LogP contribution in [0.5, 0.6) is 0 Å². The number of allylic oxidation sites excluding steroid dienone is 8. The van der Waals surface area contributed by atoms with Gasteiger partial charge in [-0.1, -0.05) is 91.0 Å². The van der Waals surface area contributed by atoms with Crippen molar-refractivity contribution in [2.24, 2.45) is 16.5 Å². The molecule has 1 unspecified atom stereocenters. The molecule has 2 aliphatic carbocycles. The number of hydrogen-bond donors (Lipinski definition) is 2. The van der Waals surface area contributed by atoms with Crippen molar-refractivity contribution in [2.75, 3.05) is 7.05 Å². The van der Waals surface area contributed by atoms with Crippen LogP contribution in [-0.2, 0) is 11.8 Å². The number of aliphatic imine (C=N–C) groups is 1. The maximum Gasteiger partial charge on any atom is 0.143 e. The summed E-state index contributed by atoms with van der Waals surface area (Å²) in [5.74, 6) is 0. The minimum Gasteiger partial charge on any atom is -0.455 e. The number of nitrogens with zero attached hydrogens (tertiary/aromatic N) is 1. The summed E-state index contributed by atoms with van der Waals surface area (Å²) in [6.07, 6.45) is 17.3. The van der Waals surface area contributed by atoms with Crippen molar-refractivity contribution in [3.8, 4) is 11.1 Å². The fourth-order valence-corrected chi connectivity index (χ4v) is 7.29. The van der Waals surface area contributed by atoms with E-state index < -0.39 is 5.41 Å². The summed E-state index contributed by atoms with van der Waals surface area (Å²) >= 11 is 0. The van der Waals surface area contributed by atoms with Gasteiger partial charge in [0.1, 0.15) is 11.2 Å². The lowest BCUT2D eigenvalue weighted by Crippen LogP contribution is -2.26. The summed E-state index contributed by atoms with van der Waals surface area (Å²) in [5, 5.41) is 2.28. The number of benzene rings is 4. The molecule has 0 aliphatic heterocycles. The average Bonchev–Trinajstić information content (AvgIpc) is 3.70. The van der Waals surface area contributed by atoms with Crippen molar-refractivity contribution in [3.63, 3.8) is 0 Å². The Hall–Kier alpha value is -5.35. The summed E-state index contributed by atoms with van der Waals surface area (Å²) in [7, 11) is 1.78. The number of hydrogen-bond acceptors (Lipinski definition) is 4. The highest BCUT2D eigenvalue weighted by Crippen LogP contribution is 2.62. The minimum atomic E-state index is -0.483. The molecule has 0 fully saturated rings. The highest BCUT2D eigenvalue weighted by atomic mass is 16.3. The van der Waals surface area contributed by atoms with Gasteiger partial charge in [0.15, 0.2) is 0 Å². The fourth-order valence-electron chi connectivity index (χ4n) is 7.29. The first-order valence-corrected chi connectivity index (χ1v) is 15.1. The predicted molar refractivity (Wildman–Crippen MR) is 185 cm³/mol. The molecule has 4 aromatic carbocycles. The van der Waals surface area contributed by atoms with E-state index in [1.807, 2.05) is 24.4 Å². The van der Waals surface area contributed by atoms with Gasteiger partial charge in [-0.3, -0.25) is 4.99 Å². The highest BCUT2D eigenvalue weighted by molar-refractivity contribution is 6.13. The molecule has 0 amide bonds. The number of rotatable bonds is 6. The van der Waals surface area contributed by atoms with E-state index in [-0.39, 0.29) is 0 Å². The van der Waals surface area contributed by atoms with Crippen LogP contribution in [0, 0.1) is 0 Å². The number of para-hydroxylation sites is 1. The van der Waals surface area contributed by atoms with Crippen LogP contribution in [0.4, 0.5) is 0 Å². The van der Waals surface area contributed by atoms with Gasteiger partial charge in [-0.15, -0.1) is 0 Å². The van der Waals surface area contributed by atoms with Crippen LogP contribution >= 0.6 is 0 Å². The summed E-state index contributed by atoms with van der Waals surface area (Å²) in [6, 6.07) is 28.5. The second-order valence-electron chi connectivity index (χ2n) is 11.4. The first kappa shape index (κ1) is 27.5. The zero-order valence-electron chi connectivity index (χ0n) is 25.0. The van der Waals surface area contributed by atoms with E-state index in [0.29, 0.717) is 0 Å². The minimum absolute atomic E-state index is 0.483. The molecule has 4 nitrogen and oxygen atoms in total. The Labute approximate surface area is 258 Å². The van der Waals surface area contributed by atoms with E-state index in [1.165, 1.54) is 44.5 Å². The average molecular weight is 574 g/mol. The van der Waals surface area contributed by atoms with Crippen molar-refractivity contribution in [2.45, 2.75) is 25.2 Å². The SMILES string of the molecule is C/C=C(\C=C1/Cc2ccc(/C(C=NC)=C/N)cc2C12c1ccccc1-c1c2ccc2c1oc1ccccc12)C/C=C\C=C/N. The molecule has 1 atom stereocenters. The van der Waals surface area contributed by atoms with Crippen molar-refractivity contribution < 1.29 is 4.42 Å². The monoisotopic (exact) mass is 573 g/mol. The molecular formula is C40H35N3O. The lowest BCUT2D eigenvalue weighted by molar-refractivity contribution is 0.669. The van der Waals surface area contributed by atoms with Crippen LogP contribution in [0.25, 0.3) is 38.6 Å². The summed E-state index contributed by atoms with van der Waals surface area (Å²) in [5.41, 5.74) is 25.1. The summed E-state index contributed by atoms with van der Waals surface area (Å²) in [6.45, 7) is 2.11. The van der Waals surface area contributed by atoms with Crippen molar-refractivity contribution in [3.05, 3.63) is 161 Å². The molecule has 4 heteroatoms. The standard InChI is InChI=1S/C40H35N3O/c1-3-26(11-5-4-10-20-41)21-30-22-28-17-16-27(29(24-42)25-43-2)23-36(28)40(30)34-14-8-6-13-33(34)38-35(40)19-18-32-31-12-7-9-15-37(31)44-39(32)38/h3-10,12-21,23-25H,11,22,41-42H2,1-2H3/b5-4-,20-10-,26-3-,29-24+,30-21+,43-25?. The molecule has 1 spiro atoms. The van der Waals surface area contributed by atoms with Crippen molar-refractivity contribution >= 4 is 33.7 Å². The van der Waals surface area contributed by atoms with Gasteiger partial charge >= 0.3 is 0 Å². The third-order valence-electron chi connectivity index (χ3n) is 9.15.